The fraction of sp³-hybridized carbons (Fsp3) is 0.222. The van der Waals surface area contributed by atoms with Crippen LogP contribution in [-0.4, -0.2) is 16.5 Å². The highest BCUT2D eigenvalue weighted by Gasteiger charge is 2.04. The third-order valence-electron chi connectivity index (χ3n) is 2.10. The molecule has 0 saturated carbocycles. The Kier molecular flexibility index (Phi) is 2.43. The van der Waals surface area contributed by atoms with Gasteiger partial charge in [0, 0.05) is 4.47 Å². The van der Waals surface area contributed by atoms with Crippen molar-refractivity contribution in [1.82, 2.24) is 9.97 Å². The number of hydrogen-bond acceptors (Lipinski definition) is 2. The minimum Gasteiger partial charge on any atom is -0.330 e. The number of halogens is 1. The maximum Gasteiger partial charge on any atom is 0.323 e. The first-order valence-corrected chi connectivity index (χ1v) is 5.10. The van der Waals surface area contributed by atoms with Crippen LogP contribution >= 0.6 is 15.9 Å². The highest BCUT2D eigenvalue weighted by atomic mass is 79.9. The van der Waals surface area contributed by atoms with E-state index in [1.807, 2.05) is 12.1 Å². The van der Waals surface area contributed by atoms with Crippen LogP contribution in [0.1, 0.15) is 5.56 Å². The monoisotopic (exact) mass is 255 g/mol. The molecule has 0 amide bonds. The molecule has 0 radical (unpaired) electrons. The molecule has 0 fully saturated rings. The molecule has 0 unspecified atom stereocenters. The standard InChI is InChI=1S/C9H10BrN3O/c10-6-4-8-7(12-9(14)13-8)3-5(6)1-2-11/h3-4H,1-2,11H2,(H2,12,13,14). The number of nitrogens with one attached hydrogen (secondary N) is 2. The summed E-state index contributed by atoms with van der Waals surface area (Å²) >= 11 is 3.44. The second-order valence-electron chi connectivity index (χ2n) is 3.11. The molecule has 1 aromatic heterocycles. The van der Waals surface area contributed by atoms with Crippen LogP contribution in [0.4, 0.5) is 0 Å². The van der Waals surface area contributed by atoms with Gasteiger partial charge >= 0.3 is 5.69 Å². The largest absolute Gasteiger partial charge is 0.330 e. The first-order chi connectivity index (χ1) is 6.70. The highest BCUT2D eigenvalue weighted by Crippen LogP contribution is 2.21. The summed E-state index contributed by atoms with van der Waals surface area (Å²) < 4.78 is 0.978. The van der Waals surface area contributed by atoms with Crippen molar-refractivity contribution in [3.63, 3.8) is 0 Å². The van der Waals surface area contributed by atoms with Crippen molar-refractivity contribution >= 4 is 27.0 Å². The van der Waals surface area contributed by atoms with Gasteiger partial charge < -0.3 is 15.7 Å². The lowest BCUT2D eigenvalue weighted by Gasteiger charge is -2.02. The van der Waals surface area contributed by atoms with E-state index in [1.165, 1.54) is 0 Å². The molecule has 5 heteroatoms. The molecule has 2 aromatic rings. The zero-order chi connectivity index (χ0) is 10.1. The van der Waals surface area contributed by atoms with Crippen LogP contribution in [-0.2, 0) is 6.42 Å². The van der Waals surface area contributed by atoms with Crippen LogP contribution in [0.25, 0.3) is 11.0 Å². The molecule has 0 aliphatic rings. The van der Waals surface area contributed by atoms with E-state index < -0.39 is 0 Å². The number of rotatable bonds is 2. The first kappa shape index (κ1) is 9.48. The number of imidazole rings is 1. The van der Waals surface area contributed by atoms with Crippen LogP contribution in [0.5, 0.6) is 0 Å². The number of nitrogens with two attached hydrogens (primary N) is 1. The number of H-pyrrole nitrogens is 2. The zero-order valence-electron chi connectivity index (χ0n) is 7.43. The summed E-state index contributed by atoms with van der Waals surface area (Å²) in [7, 11) is 0. The number of aromatic nitrogens is 2. The molecular formula is C9H10BrN3O. The van der Waals surface area contributed by atoms with Crippen molar-refractivity contribution in [2.45, 2.75) is 6.42 Å². The Labute approximate surface area is 88.6 Å². The lowest BCUT2D eigenvalue weighted by atomic mass is 10.1. The van der Waals surface area contributed by atoms with Gasteiger partial charge in [-0.1, -0.05) is 15.9 Å². The molecule has 0 aliphatic heterocycles. The molecule has 0 bridgehead atoms. The van der Waals surface area contributed by atoms with Gasteiger partial charge in [-0.3, -0.25) is 0 Å². The Balaban J connectivity index is 2.63. The van der Waals surface area contributed by atoms with E-state index in [-0.39, 0.29) is 5.69 Å². The van der Waals surface area contributed by atoms with Crippen molar-refractivity contribution in [2.75, 3.05) is 6.54 Å². The molecule has 1 aromatic carbocycles. The summed E-state index contributed by atoms with van der Waals surface area (Å²) in [4.78, 5) is 16.4. The van der Waals surface area contributed by atoms with Crippen molar-refractivity contribution in [1.29, 1.82) is 0 Å². The van der Waals surface area contributed by atoms with Gasteiger partial charge in [0.2, 0.25) is 0 Å². The predicted molar refractivity (Wildman–Crippen MR) is 59.4 cm³/mol. The molecule has 0 spiro atoms. The summed E-state index contributed by atoms with van der Waals surface area (Å²) in [5, 5.41) is 0. The molecule has 4 N–H and O–H groups in total. The van der Waals surface area contributed by atoms with Gasteiger partial charge in [0.05, 0.1) is 11.0 Å². The van der Waals surface area contributed by atoms with E-state index in [1.54, 1.807) is 0 Å². The van der Waals surface area contributed by atoms with Gasteiger partial charge in [-0.2, -0.15) is 0 Å². The van der Waals surface area contributed by atoms with Crippen LogP contribution in [0.2, 0.25) is 0 Å². The minimum absolute atomic E-state index is 0.184. The van der Waals surface area contributed by atoms with E-state index in [4.69, 9.17) is 5.73 Å². The second kappa shape index (κ2) is 3.59. The maximum atomic E-state index is 11.0. The average Bonchev–Trinajstić information content (AvgIpc) is 2.45. The Morgan fingerprint density at radius 1 is 1.29 bits per heavy atom. The van der Waals surface area contributed by atoms with Crippen molar-refractivity contribution in [3.8, 4) is 0 Å². The van der Waals surface area contributed by atoms with E-state index in [2.05, 4.69) is 25.9 Å². The van der Waals surface area contributed by atoms with Gasteiger partial charge in [-0.15, -0.1) is 0 Å². The van der Waals surface area contributed by atoms with E-state index >= 15 is 0 Å². The van der Waals surface area contributed by atoms with E-state index in [9.17, 15) is 4.79 Å². The van der Waals surface area contributed by atoms with Gasteiger partial charge in [0.25, 0.3) is 0 Å². The molecule has 0 atom stereocenters. The van der Waals surface area contributed by atoms with Crippen LogP contribution in [0, 0.1) is 0 Å². The summed E-state index contributed by atoms with van der Waals surface area (Å²) in [5.41, 5.74) is 8.03. The Morgan fingerprint density at radius 2 is 1.93 bits per heavy atom. The summed E-state index contributed by atoms with van der Waals surface area (Å²) in [6.07, 6.45) is 0.795. The first-order valence-electron chi connectivity index (χ1n) is 4.31. The van der Waals surface area contributed by atoms with E-state index in [0.29, 0.717) is 6.54 Å². The number of benzene rings is 1. The number of hydrogen-bond donors (Lipinski definition) is 3. The van der Waals surface area contributed by atoms with Gasteiger partial charge in [0.15, 0.2) is 0 Å². The smallest absolute Gasteiger partial charge is 0.323 e. The molecule has 2 rings (SSSR count). The summed E-state index contributed by atoms with van der Waals surface area (Å²) in [5.74, 6) is 0. The SMILES string of the molecule is NCCc1cc2[nH]c(=O)[nH]c2cc1Br. The summed E-state index contributed by atoms with van der Waals surface area (Å²) in [6, 6.07) is 3.82. The average molecular weight is 256 g/mol. The molecular weight excluding hydrogens is 246 g/mol. The summed E-state index contributed by atoms with van der Waals surface area (Å²) in [6.45, 7) is 0.596. The van der Waals surface area contributed by atoms with E-state index in [0.717, 1.165) is 27.5 Å². The molecule has 0 saturated heterocycles. The Bertz CT molecular complexity index is 514. The topological polar surface area (TPSA) is 74.7 Å². The van der Waals surface area contributed by atoms with Crippen LogP contribution in [0.15, 0.2) is 21.4 Å². The number of fused-ring (bicyclic) bond motifs is 1. The lowest BCUT2D eigenvalue weighted by Crippen LogP contribution is -2.03. The quantitative estimate of drug-likeness (QED) is 0.753. The van der Waals surface area contributed by atoms with Crippen molar-refractivity contribution in [3.05, 3.63) is 32.7 Å². The molecule has 0 aliphatic carbocycles. The molecule has 1 heterocycles. The Morgan fingerprint density at radius 3 is 2.57 bits per heavy atom. The van der Waals surface area contributed by atoms with Gasteiger partial charge in [-0.05, 0) is 30.7 Å². The van der Waals surface area contributed by atoms with Gasteiger partial charge in [-0.25, -0.2) is 4.79 Å². The zero-order valence-corrected chi connectivity index (χ0v) is 9.02. The molecule has 14 heavy (non-hydrogen) atoms. The van der Waals surface area contributed by atoms with Gasteiger partial charge in [0.1, 0.15) is 0 Å². The normalized spacial score (nSPS) is 11.0. The minimum atomic E-state index is -0.184. The third kappa shape index (κ3) is 1.60. The van der Waals surface area contributed by atoms with Crippen molar-refractivity contribution < 1.29 is 0 Å². The lowest BCUT2D eigenvalue weighted by molar-refractivity contribution is 0.965. The second-order valence-corrected chi connectivity index (χ2v) is 3.96. The third-order valence-corrected chi connectivity index (χ3v) is 2.83. The molecule has 74 valence electrons. The maximum absolute atomic E-state index is 11.0. The fourth-order valence-corrected chi connectivity index (χ4v) is 1.99. The highest BCUT2D eigenvalue weighted by molar-refractivity contribution is 9.10. The van der Waals surface area contributed by atoms with Crippen molar-refractivity contribution in [2.24, 2.45) is 5.73 Å². The predicted octanol–water partition coefficient (Wildman–Crippen LogP) is 1.12. The van der Waals surface area contributed by atoms with Crippen LogP contribution in [0.3, 0.4) is 0 Å². The Hall–Kier alpha value is -1.07. The number of aromatic amines is 2. The fourth-order valence-electron chi connectivity index (χ4n) is 1.45. The van der Waals surface area contributed by atoms with Crippen LogP contribution < -0.4 is 11.4 Å². The molecule has 4 nitrogen and oxygen atoms in total.